The predicted molar refractivity (Wildman–Crippen MR) is 88.3 cm³/mol. The van der Waals surface area contributed by atoms with Crippen molar-refractivity contribution in [3.63, 3.8) is 0 Å². The average Bonchev–Trinajstić information content (AvgIpc) is 3.07. The van der Waals surface area contributed by atoms with E-state index in [1.54, 1.807) is 6.33 Å². The maximum atomic E-state index is 4.38. The number of aromatic nitrogens is 5. The van der Waals surface area contributed by atoms with Crippen LogP contribution in [0.5, 0.6) is 0 Å². The van der Waals surface area contributed by atoms with E-state index in [4.69, 9.17) is 0 Å². The normalized spacial score (nSPS) is 15.7. The summed E-state index contributed by atoms with van der Waals surface area (Å²) in [5.41, 5.74) is 6.14. The molecule has 2 heterocycles. The molecule has 3 aromatic rings. The van der Waals surface area contributed by atoms with Crippen molar-refractivity contribution in [2.24, 2.45) is 0 Å². The molecule has 0 spiro atoms. The van der Waals surface area contributed by atoms with Gasteiger partial charge in [0.15, 0.2) is 0 Å². The van der Waals surface area contributed by atoms with E-state index in [2.05, 4.69) is 58.5 Å². The topological polar surface area (TPSA) is 59.4 Å². The summed E-state index contributed by atoms with van der Waals surface area (Å²) in [5, 5.41) is 8.67. The van der Waals surface area contributed by atoms with Crippen molar-refractivity contribution < 1.29 is 0 Å². The second-order valence-electron chi connectivity index (χ2n) is 6.47. The van der Waals surface area contributed by atoms with E-state index in [0.717, 1.165) is 17.8 Å². The Morgan fingerprint density at radius 1 is 1.30 bits per heavy atom. The lowest BCUT2D eigenvalue weighted by molar-refractivity contribution is 0.610. The van der Waals surface area contributed by atoms with E-state index >= 15 is 0 Å². The molecule has 1 aromatic carbocycles. The minimum absolute atomic E-state index is 0.224. The summed E-state index contributed by atoms with van der Waals surface area (Å²) in [6.45, 7) is 4.35. The van der Waals surface area contributed by atoms with E-state index in [9.17, 15) is 0 Å². The van der Waals surface area contributed by atoms with Crippen molar-refractivity contribution in [1.82, 2.24) is 25.0 Å². The largest absolute Gasteiger partial charge is 0.348 e. The molecule has 1 unspecified atom stereocenters. The number of benzene rings is 1. The highest BCUT2D eigenvalue weighted by Gasteiger charge is 2.26. The van der Waals surface area contributed by atoms with Gasteiger partial charge in [-0.05, 0) is 43.4 Å². The summed E-state index contributed by atoms with van der Waals surface area (Å²) in [7, 11) is 0. The third-order valence-corrected chi connectivity index (χ3v) is 4.81. The van der Waals surface area contributed by atoms with Crippen LogP contribution in [0.4, 0.5) is 0 Å². The molecule has 1 saturated carbocycles. The molecule has 1 aliphatic rings. The molecule has 23 heavy (non-hydrogen) atoms. The van der Waals surface area contributed by atoms with Gasteiger partial charge >= 0.3 is 0 Å². The Morgan fingerprint density at radius 3 is 2.91 bits per heavy atom. The van der Waals surface area contributed by atoms with E-state index in [1.165, 1.54) is 29.5 Å². The van der Waals surface area contributed by atoms with Gasteiger partial charge in [0.25, 0.3) is 0 Å². The average molecular weight is 307 g/mol. The van der Waals surface area contributed by atoms with Crippen LogP contribution in [0.25, 0.3) is 0 Å². The van der Waals surface area contributed by atoms with Crippen molar-refractivity contribution in [2.75, 3.05) is 0 Å². The van der Waals surface area contributed by atoms with Crippen molar-refractivity contribution in [1.29, 1.82) is 0 Å². The van der Waals surface area contributed by atoms with E-state index in [-0.39, 0.29) is 5.92 Å². The Balaban J connectivity index is 1.69. The van der Waals surface area contributed by atoms with Gasteiger partial charge in [-0.15, -0.1) is 5.10 Å². The van der Waals surface area contributed by atoms with Crippen molar-refractivity contribution in [3.05, 3.63) is 65.0 Å². The Hall–Kier alpha value is -2.43. The van der Waals surface area contributed by atoms with E-state index < -0.39 is 0 Å². The number of imidazole rings is 1. The maximum absolute atomic E-state index is 4.38. The zero-order valence-corrected chi connectivity index (χ0v) is 13.5. The molecule has 0 radical (unpaired) electrons. The third-order valence-electron chi connectivity index (χ3n) is 4.81. The lowest BCUT2D eigenvalue weighted by atomic mass is 9.87. The fourth-order valence-electron chi connectivity index (χ4n) is 3.13. The lowest BCUT2D eigenvalue weighted by Gasteiger charge is -2.18. The number of nitrogens with one attached hydrogen (secondary N) is 1. The van der Waals surface area contributed by atoms with Gasteiger partial charge in [0.05, 0.1) is 18.1 Å². The van der Waals surface area contributed by atoms with Gasteiger partial charge in [0, 0.05) is 30.4 Å². The number of hydrogen-bond acceptors (Lipinski definition) is 3. The molecule has 0 saturated heterocycles. The molecule has 5 nitrogen and oxygen atoms in total. The van der Waals surface area contributed by atoms with E-state index in [1.807, 2.05) is 10.9 Å². The van der Waals surface area contributed by atoms with Crippen molar-refractivity contribution in [3.8, 4) is 0 Å². The van der Waals surface area contributed by atoms with Crippen LogP contribution in [-0.4, -0.2) is 25.0 Å². The number of aryl methyl sites for hydroxylation is 1. The first kappa shape index (κ1) is 14.2. The number of hydrogen-bond donors (Lipinski definition) is 1. The summed E-state index contributed by atoms with van der Waals surface area (Å²) in [6, 6.07) is 7.07. The quantitative estimate of drug-likeness (QED) is 0.786. The minimum atomic E-state index is 0.224. The summed E-state index contributed by atoms with van der Waals surface area (Å²) in [5.74, 6) is 0.224. The number of H-pyrrole nitrogens is 1. The van der Waals surface area contributed by atoms with Gasteiger partial charge in [0.1, 0.15) is 0 Å². The zero-order valence-electron chi connectivity index (χ0n) is 13.5. The maximum Gasteiger partial charge on any atom is 0.0921 e. The molecule has 2 aromatic heterocycles. The Kier molecular flexibility index (Phi) is 3.48. The molecule has 118 valence electrons. The molecule has 1 atom stereocenters. The van der Waals surface area contributed by atoms with Crippen LogP contribution in [0.2, 0.25) is 0 Å². The van der Waals surface area contributed by atoms with Crippen LogP contribution in [0.1, 0.15) is 52.9 Å². The second-order valence-corrected chi connectivity index (χ2v) is 6.47. The Morgan fingerprint density at radius 2 is 2.17 bits per heavy atom. The summed E-state index contributed by atoms with van der Waals surface area (Å²) < 4.78 is 2.02. The highest BCUT2D eigenvalue weighted by molar-refractivity contribution is 5.39. The first-order chi connectivity index (χ1) is 11.2. The fraction of sp³-hybridized carbons (Fsp3) is 0.389. The first-order valence-electron chi connectivity index (χ1n) is 8.17. The first-order valence-corrected chi connectivity index (χ1v) is 8.17. The van der Waals surface area contributed by atoms with Gasteiger partial charge in [-0.3, -0.25) is 0 Å². The molecule has 1 fully saturated rings. The molecule has 0 amide bonds. The van der Waals surface area contributed by atoms with Crippen molar-refractivity contribution in [2.45, 2.75) is 45.1 Å². The van der Waals surface area contributed by atoms with Gasteiger partial charge in [0.2, 0.25) is 0 Å². The number of aromatic amines is 1. The second kappa shape index (κ2) is 5.65. The summed E-state index contributed by atoms with van der Waals surface area (Å²) >= 11 is 0. The minimum Gasteiger partial charge on any atom is -0.348 e. The summed E-state index contributed by atoms with van der Waals surface area (Å²) in [6.07, 6.45) is 9.05. The molecule has 5 heteroatoms. The Labute approximate surface area is 135 Å². The third kappa shape index (κ3) is 2.79. The summed E-state index contributed by atoms with van der Waals surface area (Å²) in [4.78, 5) is 7.49. The monoisotopic (exact) mass is 307 g/mol. The SMILES string of the molecule is Cc1cccc(C(Cc2cn(C3CC3)nn2)c2cnc[nH]2)c1C. The van der Waals surface area contributed by atoms with Crippen LogP contribution in [0, 0.1) is 13.8 Å². The van der Waals surface area contributed by atoms with Crippen molar-refractivity contribution >= 4 is 0 Å². The molecule has 0 aliphatic heterocycles. The zero-order chi connectivity index (χ0) is 15.8. The smallest absolute Gasteiger partial charge is 0.0921 e. The molecule has 0 bridgehead atoms. The molecule has 1 aliphatic carbocycles. The van der Waals surface area contributed by atoms with Crippen LogP contribution < -0.4 is 0 Å². The molecule has 1 N–H and O–H groups in total. The lowest BCUT2D eigenvalue weighted by Crippen LogP contribution is -2.08. The highest BCUT2D eigenvalue weighted by atomic mass is 15.4. The van der Waals surface area contributed by atoms with Crippen LogP contribution in [-0.2, 0) is 6.42 Å². The van der Waals surface area contributed by atoms with Gasteiger partial charge in [-0.1, -0.05) is 23.4 Å². The van der Waals surface area contributed by atoms with Gasteiger partial charge in [-0.2, -0.15) is 0 Å². The number of nitrogens with zero attached hydrogens (tertiary/aromatic N) is 4. The number of rotatable bonds is 5. The van der Waals surface area contributed by atoms with Gasteiger partial charge < -0.3 is 4.98 Å². The fourth-order valence-corrected chi connectivity index (χ4v) is 3.13. The Bertz CT molecular complexity index is 799. The molecular formula is C18H21N5. The molecular weight excluding hydrogens is 286 g/mol. The van der Waals surface area contributed by atoms with E-state index in [0.29, 0.717) is 6.04 Å². The van der Waals surface area contributed by atoms with Crippen LogP contribution in [0.3, 0.4) is 0 Å². The van der Waals surface area contributed by atoms with Crippen LogP contribution >= 0.6 is 0 Å². The standard InChI is InChI=1S/C18H21N5/c1-12-4-3-5-16(13(12)2)17(18-9-19-11-20-18)8-14-10-23(22-21-14)15-6-7-15/h3-5,9-11,15,17H,6-8H2,1-2H3,(H,19,20). The predicted octanol–water partition coefficient (Wildman–Crippen LogP) is 3.33. The van der Waals surface area contributed by atoms with Gasteiger partial charge in [-0.25, -0.2) is 9.67 Å². The highest BCUT2D eigenvalue weighted by Crippen LogP contribution is 2.35. The molecule has 4 rings (SSSR count). The van der Waals surface area contributed by atoms with Crippen LogP contribution in [0.15, 0.2) is 36.9 Å².